The summed E-state index contributed by atoms with van der Waals surface area (Å²) >= 11 is 0. The molecule has 2 fully saturated rings. The fraction of sp³-hybridized carbons (Fsp3) is 0.632. The standard InChI is InChI=1S/C19H27N3O7S/c1-28-18(24)13-3-7-21(8-4-13)17(23)16-11-15(12-20-16)30(26,27)22-9-5-14(6-10-22)19(25)29-2/h11-14,20H,3-10H2,1-2H3. The summed E-state index contributed by atoms with van der Waals surface area (Å²) in [5.41, 5.74) is 0.189. The van der Waals surface area contributed by atoms with E-state index in [-0.39, 0.29) is 53.4 Å². The maximum atomic E-state index is 12.9. The van der Waals surface area contributed by atoms with Crippen LogP contribution in [0.3, 0.4) is 0 Å². The number of amides is 1. The van der Waals surface area contributed by atoms with Crippen molar-refractivity contribution in [2.45, 2.75) is 30.6 Å². The Morgan fingerprint density at radius 3 is 1.93 bits per heavy atom. The van der Waals surface area contributed by atoms with Gasteiger partial charge in [0.15, 0.2) is 0 Å². The van der Waals surface area contributed by atoms with Crippen molar-refractivity contribution < 1.29 is 32.3 Å². The molecular formula is C19H27N3O7S. The lowest BCUT2D eigenvalue weighted by atomic mass is 9.97. The predicted octanol–water partition coefficient (Wildman–Crippen LogP) is 0.614. The number of carbonyl (C=O) groups excluding carboxylic acids is 3. The van der Waals surface area contributed by atoms with Crippen LogP contribution in [-0.4, -0.2) is 80.9 Å². The number of methoxy groups -OCH3 is 2. The second kappa shape index (κ2) is 9.17. The van der Waals surface area contributed by atoms with E-state index in [1.165, 1.54) is 30.8 Å². The third-order valence-corrected chi connectivity index (χ3v) is 7.71. The van der Waals surface area contributed by atoms with Gasteiger partial charge in [-0.3, -0.25) is 14.4 Å². The first-order chi connectivity index (χ1) is 14.3. The number of carbonyl (C=O) groups is 3. The van der Waals surface area contributed by atoms with Crippen LogP contribution in [0.4, 0.5) is 0 Å². The van der Waals surface area contributed by atoms with Gasteiger partial charge in [-0.1, -0.05) is 0 Å². The van der Waals surface area contributed by atoms with Crippen molar-refractivity contribution in [3.63, 3.8) is 0 Å². The van der Waals surface area contributed by atoms with E-state index in [1.54, 1.807) is 4.90 Å². The lowest BCUT2D eigenvalue weighted by Gasteiger charge is -2.30. The molecule has 11 heteroatoms. The molecule has 10 nitrogen and oxygen atoms in total. The summed E-state index contributed by atoms with van der Waals surface area (Å²) in [6.45, 7) is 1.25. The van der Waals surface area contributed by atoms with Gasteiger partial charge < -0.3 is 19.4 Å². The van der Waals surface area contributed by atoms with Crippen molar-refractivity contribution in [2.24, 2.45) is 11.8 Å². The topological polar surface area (TPSA) is 126 Å². The highest BCUT2D eigenvalue weighted by molar-refractivity contribution is 7.89. The molecule has 0 aromatic carbocycles. The van der Waals surface area contributed by atoms with Crippen LogP contribution in [0.2, 0.25) is 0 Å². The highest BCUT2D eigenvalue weighted by Crippen LogP contribution is 2.26. The van der Waals surface area contributed by atoms with Crippen molar-refractivity contribution in [1.29, 1.82) is 0 Å². The highest BCUT2D eigenvalue weighted by Gasteiger charge is 2.34. The number of sulfonamides is 1. The van der Waals surface area contributed by atoms with Crippen molar-refractivity contribution in [1.82, 2.24) is 14.2 Å². The van der Waals surface area contributed by atoms with Crippen LogP contribution in [-0.2, 0) is 29.1 Å². The average molecular weight is 442 g/mol. The molecule has 1 amide bonds. The molecule has 2 aliphatic heterocycles. The summed E-state index contributed by atoms with van der Waals surface area (Å²) in [5.74, 6) is -1.41. The van der Waals surface area contributed by atoms with Crippen molar-refractivity contribution in [2.75, 3.05) is 40.4 Å². The van der Waals surface area contributed by atoms with E-state index in [0.29, 0.717) is 38.8 Å². The number of aromatic nitrogens is 1. The van der Waals surface area contributed by atoms with E-state index in [9.17, 15) is 22.8 Å². The summed E-state index contributed by atoms with van der Waals surface area (Å²) in [5, 5.41) is 0. The lowest BCUT2D eigenvalue weighted by molar-refractivity contribution is -0.147. The number of likely N-dealkylation sites (tertiary alicyclic amines) is 1. The summed E-state index contributed by atoms with van der Waals surface area (Å²) in [6, 6.07) is 1.34. The quantitative estimate of drug-likeness (QED) is 0.664. The van der Waals surface area contributed by atoms with Gasteiger partial charge in [-0.25, -0.2) is 8.42 Å². The molecule has 3 heterocycles. The Bertz CT molecular complexity index is 895. The van der Waals surface area contributed by atoms with Crippen molar-refractivity contribution in [3.05, 3.63) is 18.0 Å². The molecule has 2 aliphatic rings. The largest absolute Gasteiger partial charge is 0.469 e. The Hall–Kier alpha value is -2.40. The van der Waals surface area contributed by atoms with Gasteiger partial charge >= 0.3 is 11.9 Å². The first-order valence-electron chi connectivity index (χ1n) is 9.91. The summed E-state index contributed by atoms with van der Waals surface area (Å²) < 4.78 is 36.6. The zero-order valence-electron chi connectivity index (χ0n) is 17.1. The SMILES string of the molecule is COC(=O)C1CCN(C(=O)c2cc(S(=O)(=O)N3CCC(C(=O)OC)CC3)c[nH]2)CC1. The Labute approximate surface area is 175 Å². The molecule has 0 radical (unpaired) electrons. The zero-order valence-corrected chi connectivity index (χ0v) is 17.9. The van der Waals surface area contributed by atoms with Crippen LogP contribution >= 0.6 is 0 Å². The fourth-order valence-corrected chi connectivity index (χ4v) is 5.41. The minimum Gasteiger partial charge on any atom is -0.469 e. The summed E-state index contributed by atoms with van der Waals surface area (Å²) in [7, 11) is -1.10. The van der Waals surface area contributed by atoms with E-state index in [2.05, 4.69) is 4.98 Å². The van der Waals surface area contributed by atoms with E-state index in [4.69, 9.17) is 9.47 Å². The average Bonchev–Trinajstić information content (AvgIpc) is 3.29. The normalized spacial score (nSPS) is 19.5. The molecule has 3 rings (SSSR count). The fourth-order valence-electron chi connectivity index (χ4n) is 3.95. The molecule has 1 aromatic heterocycles. The molecule has 0 spiro atoms. The first kappa shape index (κ1) is 22.3. The van der Waals surface area contributed by atoms with Crippen LogP contribution in [0, 0.1) is 11.8 Å². The maximum Gasteiger partial charge on any atom is 0.308 e. The van der Waals surface area contributed by atoms with Gasteiger partial charge in [0.05, 0.1) is 26.1 Å². The van der Waals surface area contributed by atoms with Crippen LogP contribution < -0.4 is 0 Å². The van der Waals surface area contributed by atoms with E-state index in [1.807, 2.05) is 0 Å². The number of aromatic amines is 1. The van der Waals surface area contributed by atoms with Gasteiger partial charge in [0.25, 0.3) is 5.91 Å². The smallest absolute Gasteiger partial charge is 0.308 e. The minimum absolute atomic E-state index is 0.0202. The number of ether oxygens (including phenoxy) is 2. The van der Waals surface area contributed by atoms with Gasteiger partial charge in [-0.05, 0) is 31.7 Å². The van der Waals surface area contributed by atoms with Gasteiger partial charge in [-0.2, -0.15) is 4.31 Å². The number of hydrogen-bond donors (Lipinski definition) is 1. The van der Waals surface area contributed by atoms with E-state index >= 15 is 0 Å². The molecule has 0 aliphatic carbocycles. The van der Waals surface area contributed by atoms with Gasteiger partial charge in [0, 0.05) is 32.4 Å². The predicted molar refractivity (Wildman–Crippen MR) is 105 cm³/mol. The Morgan fingerprint density at radius 1 is 0.933 bits per heavy atom. The van der Waals surface area contributed by atoms with Crippen molar-refractivity contribution >= 4 is 27.9 Å². The van der Waals surface area contributed by atoms with Crippen LogP contribution in [0.15, 0.2) is 17.2 Å². The van der Waals surface area contributed by atoms with Gasteiger partial charge in [0.1, 0.15) is 10.6 Å². The lowest BCUT2D eigenvalue weighted by Crippen LogP contribution is -2.41. The molecule has 1 N–H and O–H groups in total. The van der Waals surface area contributed by atoms with Crippen LogP contribution in [0.25, 0.3) is 0 Å². The maximum absolute atomic E-state index is 12.9. The first-order valence-corrected chi connectivity index (χ1v) is 11.4. The number of hydrogen-bond acceptors (Lipinski definition) is 7. The zero-order chi connectivity index (χ0) is 21.9. The summed E-state index contributed by atoms with van der Waals surface area (Å²) in [4.78, 5) is 40.4. The Morgan fingerprint density at radius 2 is 1.43 bits per heavy atom. The highest BCUT2D eigenvalue weighted by atomic mass is 32.2. The number of rotatable bonds is 5. The van der Waals surface area contributed by atoms with E-state index < -0.39 is 10.0 Å². The van der Waals surface area contributed by atoms with Crippen LogP contribution in [0.1, 0.15) is 36.2 Å². The molecule has 1 aromatic rings. The molecule has 0 saturated carbocycles. The summed E-state index contributed by atoms with van der Waals surface area (Å²) in [6.07, 6.45) is 3.14. The minimum atomic E-state index is -3.77. The number of nitrogens with one attached hydrogen (secondary N) is 1. The van der Waals surface area contributed by atoms with Crippen molar-refractivity contribution in [3.8, 4) is 0 Å². The third-order valence-electron chi connectivity index (χ3n) is 5.83. The molecular weight excluding hydrogens is 414 g/mol. The Kier molecular flexibility index (Phi) is 6.81. The van der Waals surface area contributed by atoms with E-state index in [0.717, 1.165) is 0 Å². The van der Waals surface area contributed by atoms with Gasteiger partial charge in [-0.15, -0.1) is 0 Å². The molecule has 30 heavy (non-hydrogen) atoms. The number of nitrogens with zero attached hydrogens (tertiary/aromatic N) is 2. The number of esters is 2. The van der Waals surface area contributed by atoms with Gasteiger partial charge in [0.2, 0.25) is 10.0 Å². The second-order valence-corrected chi connectivity index (χ2v) is 9.48. The third kappa shape index (κ3) is 4.51. The molecule has 166 valence electrons. The number of H-pyrrole nitrogens is 1. The second-order valence-electron chi connectivity index (χ2n) is 7.54. The molecule has 0 unspecified atom stereocenters. The van der Waals surface area contributed by atoms with Crippen LogP contribution in [0.5, 0.6) is 0 Å². The number of piperidine rings is 2. The monoisotopic (exact) mass is 441 g/mol. The molecule has 0 atom stereocenters. The molecule has 2 saturated heterocycles. The molecule has 0 bridgehead atoms. The Balaban J connectivity index is 1.62.